The van der Waals surface area contributed by atoms with Gasteiger partial charge in [0.05, 0.1) is 24.2 Å². The highest BCUT2D eigenvalue weighted by Crippen LogP contribution is 2.33. The average Bonchev–Trinajstić information content (AvgIpc) is 3.03. The fourth-order valence-electron chi connectivity index (χ4n) is 5.80. The third-order valence-electron chi connectivity index (χ3n) is 8.29. The molecule has 2 heterocycles. The van der Waals surface area contributed by atoms with Crippen LogP contribution in [0.4, 0.5) is 27.6 Å². The number of benzene rings is 3. The lowest BCUT2D eigenvalue weighted by Crippen LogP contribution is -2.51. The Labute approximate surface area is 261 Å². The number of halogens is 5. The highest BCUT2D eigenvalue weighted by Gasteiger charge is 2.35. The minimum Gasteiger partial charge on any atom is -0.363 e. The molecule has 0 radical (unpaired) electrons. The van der Waals surface area contributed by atoms with E-state index in [1.165, 1.54) is 13.0 Å². The maximum absolute atomic E-state index is 14.9. The van der Waals surface area contributed by atoms with Crippen LogP contribution in [0.15, 0.2) is 76.3 Å². The molecule has 1 unspecified atom stereocenters. The second-order valence-electron chi connectivity index (χ2n) is 11.2. The quantitative estimate of drug-likeness (QED) is 0.284. The third-order valence-corrected chi connectivity index (χ3v) is 8.29. The number of rotatable bonds is 8. The minimum absolute atomic E-state index is 0.0631. The lowest BCUT2D eigenvalue weighted by Gasteiger charge is -2.37. The zero-order valence-electron chi connectivity index (χ0n) is 24.9. The average molecular weight is 639 g/mol. The Balaban J connectivity index is 1.53. The van der Waals surface area contributed by atoms with Crippen molar-refractivity contribution in [2.24, 2.45) is 5.73 Å². The number of hydrogen-bond acceptors (Lipinski definition) is 6. The highest BCUT2D eigenvalue weighted by atomic mass is 19.4. The molecule has 1 aliphatic rings. The molecule has 0 bridgehead atoms. The number of aromatic nitrogens is 2. The minimum atomic E-state index is -4.88. The van der Waals surface area contributed by atoms with Crippen LogP contribution in [0.2, 0.25) is 0 Å². The van der Waals surface area contributed by atoms with E-state index in [-0.39, 0.29) is 43.1 Å². The number of anilines is 1. The van der Waals surface area contributed by atoms with Crippen molar-refractivity contribution < 1.29 is 22.0 Å². The van der Waals surface area contributed by atoms with Gasteiger partial charge in [-0.25, -0.2) is 13.6 Å². The number of hydrogen-bond donors (Lipinski definition) is 1. The van der Waals surface area contributed by atoms with Gasteiger partial charge in [0.1, 0.15) is 23.4 Å². The van der Waals surface area contributed by atoms with E-state index >= 15 is 0 Å². The van der Waals surface area contributed by atoms with Gasteiger partial charge in [0.2, 0.25) is 0 Å². The van der Waals surface area contributed by atoms with E-state index in [1.807, 2.05) is 11.0 Å². The van der Waals surface area contributed by atoms with Crippen LogP contribution in [0, 0.1) is 29.9 Å². The van der Waals surface area contributed by atoms with E-state index in [4.69, 9.17) is 11.0 Å². The van der Waals surface area contributed by atoms with Gasteiger partial charge in [-0.3, -0.25) is 18.8 Å². The summed E-state index contributed by atoms with van der Waals surface area (Å²) in [6, 6.07) is 16.9. The number of piperazine rings is 1. The van der Waals surface area contributed by atoms with Crippen LogP contribution in [0.25, 0.3) is 0 Å². The van der Waals surface area contributed by atoms with Crippen molar-refractivity contribution in [3.8, 4) is 6.07 Å². The maximum Gasteiger partial charge on any atom is 0.416 e. The fourth-order valence-corrected chi connectivity index (χ4v) is 5.80. The number of nitriles is 1. The Morgan fingerprint density at radius 2 is 1.57 bits per heavy atom. The Hall–Kier alpha value is -4.80. The Morgan fingerprint density at radius 3 is 2.22 bits per heavy atom. The normalized spacial score (nSPS) is 14.7. The van der Waals surface area contributed by atoms with Crippen LogP contribution in [0.1, 0.15) is 39.6 Å². The molecule has 13 heteroatoms. The molecule has 1 aromatic heterocycles. The number of alkyl halides is 3. The molecule has 2 N–H and O–H groups in total. The summed E-state index contributed by atoms with van der Waals surface area (Å²) in [4.78, 5) is 31.4. The van der Waals surface area contributed by atoms with Gasteiger partial charge in [0.25, 0.3) is 5.56 Å². The lowest BCUT2D eigenvalue weighted by atomic mass is 10.1. The molecule has 46 heavy (non-hydrogen) atoms. The van der Waals surface area contributed by atoms with Crippen molar-refractivity contribution in [3.63, 3.8) is 0 Å². The van der Waals surface area contributed by atoms with Gasteiger partial charge in [0.15, 0.2) is 0 Å². The first kappa shape index (κ1) is 32.6. The zero-order valence-corrected chi connectivity index (χ0v) is 24.9. The van der Waals surface area contributed by atoms with Gasteiger partial charge in [0, 0.05) is 55.6 Å². The van der Waals surface area contributed by atoms with Gasteiger partial charge in [-0.1, -0.05) is 48.5 Å². The first-order valence-electron chi connectivity index (χ1n) is 14.5. The molecular formula is C33H31F5N6O2. The second-order valence-corrected chi connectivity index (χ2v) is 11.2. The third kappa shape index (κ3) is 6.59. The summed E-state index contributed by atoms with van der Waals surface area (Å²) in [5.41, 5.74) is 3.93. The Bertz CT molecular complexity index is 1890. The summed E-state index contributed by atoms with van der Waals surface area (Å²) in [5.74, 6) is -1.73. The predicted octanol–water partition coefficient (Wildman–Crippen LogP) is 4.56. The number of nitrogens with zero attached hydrogens (tertiary/aromatic N) is 5. The standard InChI is InChI=1S/C33H31F5N6O2/c1-21-30(42-15-13-41(14-16-42)18-24-10-5-9-23(17-39)29(24)35)31(45)44(20-28(40)22-7-3-2-4-8-22)32(46)43(21)19-25-26(33(36,37)38)11-6-12-27(25)34/h2-12,28H,13-16,18-20,40H2,1H3. The molecule has 0 aliphatic carbocycles. The van der Waals surface area contributed by atoms with Crippen LogP contribution >= 0.6 is 0 Å². The largest absolute Gasteiger partial charge is 0.416 e. The number of nitrogens with two attached hydrogens (primary N) is 1. The summed E-state index contributed by atoms with van der Waals surface area (Å²) in [7, 11) is 0. The first-order chi connectivity index (χ1) is 21.9. The van der Waals surface area contributed by atoms with Crippen LogP contribution in [-0.2, 0) is 25.8 Å². The van der Waals surface area contributed by atoms with Crippen molar-refractivity contribution in [3.05, 3.63) is 133 Å². The SMILES string of the molecule is Cc1c(N2CCN(Cc3cccc(C#N)c3F)CC2)c(=O)n(CC(N)c2ccccc2)c(=O)n1Cc1c(F)cccc1C(F)(F)F. The molecule has 4 aromatic rings. The fraction of sp³-hybridized carbons (Fsp3) is 0.303. The molecule has 3 aromatic carbocycles. The summed E-state index contributed by atoms with van der Waals surface area (Å²) < 4.78 is 73.2. The monoisotopic (exact) mass is 638 g/mol. The van der Waals surface area contributed by atoms with Crippen molar-refractivity contribution in [2.45, 2.75) is 38.8 Å². The van der Waals surface area contributed by atoms with Crippen LogP contribution in [-0.4, -0.2) is 40.2 Å². The highest BCUT2D eigenvalue weighted by molar-refractivity contribution is 5.50. The predicted molar refractivity (Wildman–Crippen MR) is 162 cm³/mol. The first-order valence-corrected chi connectivity index (χ1v) is 14.5. The smallest absolute Gasteiger partial charge is 0.363 e. The molecule has 8 nitrogen and oxygen atoms in total. The second kappa shape index (κ2) is 13.3. The molecule has 240 valence electrons. The molecule has 0 amide bonds. The van der Waals surface area contributed by atoms with E-state index in [9.17, 15) is 31.5 Å². The topological polar surface area (TPSA) is 100 Å². The summed E-state index contributed by atoms with van der Waals surface area (Å²) in [6.45, 7) is 1.92. The molecular weight excluding hydrogens is 607 g/mol. The van der Waals surface area contributed by atoms with Crippen molar-refractivity contribution >= 4 is 5.69 Å². The van der Waals surface area contributed by atoms with Crippen LogP contribution < -0.4 is 21.9 Å². The zero-order chi connectivity index (χ0) is 33.2. The van der Waals surface area contributed by atoms with Crippen LogP contribution in [0.5, 0.6) is 0 Å². The molecule has 0 saturated carbocycles. The molecule has 1 atom stereocenters. The van der Waals surface area contributed by atoms with E-state index in [2.05, 4.69) is 0 Å². The Kier molecular flexibility index (Phi) is 9.41. The summed E-state index contributed by atoms with van der Waals surface area (Å²) in [5, 5.41) is 9.16. The Morgan fingerprint density at radius 1 is 0.891 bits per heavy atom. The summed E-state index contributed by atoms with van der Waals surface area (Å²) >= 11 is 0. The molecule has 1 fully saturated rings. The molecule has 0 spiro atoms. The van der Waals surface area contributed by atoms with Gasteiger partial charge in [-0.05, 0) is 30.7 Å². The molecule has 1 aliphatic heterocycles. The van der Waals surface area contributed by atoms with E-state index in [0.29, 0.717) is 24.2 Å². The lowest BCUT2D eigenvalue weighted by molar-refractivity contribution is -0.138. The maximum atomic E-state index is 14.9. The van der Waals surface area contributed by atoms with Crippen molar-refractivity contribution in [1.82, 2.24) is 14.0 Å². The van der Waals surface area contributed by atoms with E-state index < -0.39 is 52.8 Å². The van der Waals surface area contributed by atoms with Crippen molar-refractivity contribution in [1.29, 1.82) is 5.26 Å². The van der Waals surface area contributed by atoms with E-state index in [0.717, 1.165) is 27.3 Å². The van der Waals surface area contributed by atoms with Gasteiger partial charge >= 0.3 is 11.9 Å². The molecule has 5 rings (SSSR count). The summed E-state index contributed by atoms with van der Waals surface area (Å²) in [6.07, 6.45) is -4.88. The van der Waals surface area contributed by atoms with Gasteiger partial charge < -0.3 is 10.6 Å². The van der Waals surface area contributed by atoms with Gasteiger partial charge in [-0.2, -0.15) is 18.4 Å². The van der Waals surface area contributed by atoms with Crippen molar-refractivity contribution in [2.75, 3.05) is 31.1 Å². The molecule has 1 saturated heterocycles. The van der Waals surface area contributed by atoms with E-state index in [1.54, 1.807) is 47.4 Å². The van der Waals surface area contributed by atoms with Crippen LogP contribution in [0.3, 0.4) is 0 Å². The van der Waals surface area contributed by atoms with Gasteiger partial charge in [-0.15, -0.1) is 0 Å².